The number of aromatic nitrogens is 4. The number of benzene rings is 3. The van der Waals surface area contributed by atoms with Gasteiger partial charge in [0.1, 0.15) is 23.2 Å². The van der Waals surface area contributed by atoms with E-state index in [1.807, 2.05) is 11.8 Å². The van der Waals surface area contributed by atoms with Crippen molar-refractivity contribution in [3.63, 3.8) is 0 Å². The van der Waals surface area contributed by atoms with Crippen molar-refractivity contribution >= 4 is 22.8 Å². The molecule has 0 aliphatic carbocycles. The molecule has 0 spiro atoms. The van der Waals surface area contributed by atoms with Gasteiger partial charge < -0.3 is 14.5 Å². The summed E-state index contributed by atoms with van der Waals surface area (Å²) in [6.45, 7) is 6.38. The van der Waals surface area contributed by atoms with E-state index in [2.05, 4.69) is 36.1 Å². The minimum absolute atomic E-state index is 0.000470. The topological polar surface area (TPSA) is 76.4 Å². The zero-order valence-electron chi connectivity index (χ0n) is 23.3. The predicted molar refractivity (Wildman–Crippen MR) is 156 cm³/mol. The van der Waals surface area contributed by atoms with Crippen LogP contribution >= 0.6 is 0 Å². The quantitative estimate of drug-likeness (QED) is 0.292. The highest BCUT2D eigenvalue weighted by molar-refractivity contribution is 5.95. The summed E-state index contributed by atoms with van der Waals surface area (Å²) in [5.41, 5.74) is 5.14. The Labute approximate surface area is 238 Å². The third-order valence-electron chi connectivity index (χ3n) is 7.49. The molecule has 0 radical (unpaired) electrons. The number of rotatable bonds is 6. The maximum atomic E-state index is 13.7. The second-order valence-corrected chi connectivity index (χ2v) is 10.3. The van der Waals surface area contributed by atoms with Crippen LogP contribution in [0.15, 0.2) is 72.8 Å². The van der Waals surface area contributed by atoms with Gasteiger partial charge in [0, 0.05) is 38.2 Å². The molecule has 0 bridgehead atoms. The van der Waals surface area contributed by atoms with E-state index < -0.39 is 0 Å². The average Bonchev–Trinajstić information content (AvgIpc) is 3.34. The van der Waals surface area contributed by atoms with E-state index in [1.165, 1.54) is 17.7 Å². The number of piperazine rings is 1. The number of ether oxygens (including phenoxy) is 1. The lowest BCUT2D eigenvalue weighted by atomic mass is 10.1. The smallest absolute Gasteiger partial charge is 0.253 e. The molecule has 2 aromatic heterocycles. The maximum Gasteiger partial charge on any atom is 0.253 e. The summed E-state index contributed by atoms with van der Waals surface area (Å²) in [6.07, 6.45) is 0.562. The molecule has 5 aromatic rings. The molecule has 1 amide bonds. The van der Waals surface area contributed by atoms with Crippen molar-refractivity contribution in [2.75, 3.05) is 38.2 Å². The highest BCUT2D eigenvalue weighted by atomic mass is 19.1. The normalized spacial score (nSPS) is 13.6. The molecule has 208 valence electrons. The molecule has 0 saturated carbocycles. The number of amides is 1. The average molecular weight is 551 g/mol. The van der Waals surface area contributed by atoms with Gasteiger partial charge >= 0.3 is 0 Å². The van der Waals surface area contributed by atoms with E-state index in [0.29, 0.717) is 49.6 Å². The molecule has 8 nitrogen and oxygen atoms in total. The van der Waals surface area contributed by atoms with Gasteiger partial charge in [-0.15, -0.1) is 0 Å². The van der Waals surface area contributed by atoms with Gasteiger partial charge in [0.15, 0.2) is 5.65 Å². The molecule has 41 heavy (non-hydrogen) atoms. The van der Waals surface area contributed by atoms with Crippen LogP contribution in [-0.4, -0.2) is 63.8 Å². The first kappa shape index (κ1) is 26.4. The van der Waals surface area contributed by atoms with Crippen LogP contribution < -0.4 is 9.64 Å². The van der Waals surface area contributed by atoms with E-state index in [-0.39, 0.29) is 11.7 Å². The van der Waals surface area contributed by atoms with Crippen LogP contribution in [0.2, 0.25) is 0 Å². The summed E-state index contributed by atoms with van der Waals surface area (Å²) < 4.78 is 20.7. The van der Waals surface area contributed by atoms with Gasteiger partial charge in [0.05, 0.1) is 23.9 Å². The molecule has 1 fully saturated rings. The first-order chi connectivity index (χ1) is 19.9. The van der Waals surface area contributed by atoms with Gasteiger partial charge in [0.25, 0.3) is 5.91 Å². The summed E-state index contributed by atoms with van der Waals surface area (Å²) in [4.78, 5) is 27.3. The van der Waals surface area contributed by atoms with Crippen molar-refractivity contribution in [2.24, 2.45) is 0 Å². The van der Waals surface area contributed by atoms with Crippen molar-refractivity contribution < 1.29 is 13.9 Å². The second-order valence-electron chi connectivity index (χ2n) is 10.3. The zero-order valence-corrected chi connectivity index (χ0v) is 23.3. The van der Waals surface area contributed by atoms with Gasteiger partial charge in [-0.2, -0.15) is 5.10 Å². The lowest BCUT2D eigenvalue weighted by molar-refractivity contribution is 0.0746. The van der Waals surface area contributed by atoms with E-state index in [1.54, 1.807) is 48.2 Å². The fourth-order valence-electron chi connectivity index (χ4n) is 5.20. The van der Waals surface area contributed by atoms with Crippen LogP contribution in [0.4, 0.5) is 10.2 Å². The van der Waals surface area contributed by atoms with Crippen LogP contribution in [-0.2, 0) is 6.42 Å². The number of fused-ring (bicyclic) bond motifs is 1. The summed E-state index contributed by atoms with van der Waals surface area (Å²) in [5, 5.41) is 5.65. The second kappa shape index (κ2) is 11.0. The minimum Gasteiger partial charge on any atom is -0.497 e. The Balaban J connectivity index is 1.34. The number of anilines is 1. The number of hydrogen-bond donors (Lipinski definition) is 0. The minimum atomic E-state index is -0.306. The van der Waals surface area contributed by atoms with Gasteiger partial charge in [-0.25, -0.2) is 19.0 Å². The summed E-state index contributed by atoms with van der Waals surface area (Å²) in [5.74, 6) is 1.90. The number of carbonyl (C=O) groups excluding carboxylic acids is 1. The monoisotopic (exact) mass is 550 g/mol. The Hall–Kier alpha value is -4.79. The fraction of sp³-hybridized carbons (Fsp3) is 0.250. The molecular weight excluding hydrogens is 519 g/mol. The Bertz CT molecular complexity index is 1690. The number of hydrogen-bond acceptors (Lipinski definition) is 6. The van der Waals surface area contributed by atoms with Crippen LogP contribution in [0.1, 0.15) is 33.0 Å². The van der Waals surface area contributed by atoms with Crippen LogP contribution in [0.3, 0.4) is 0 Å². The van der Waals surface area contributed by atoms with E-state index in [9.17, 15) is 9.18 Å². The lowest BCUT2D eigenvalue weighted by Crippen LogP contribution is -2.49. The molecule has 0 atom stereocenters. The summed E-state index contributed by atoms with van der Waals surface area (Å²) in [6, 6.07) is 21.8. The maximum absolute atomic E-state index is 13.7. The van der Waals surface area contributed by atoms with Crippen LogP contribution in [0.5, 0.6) is 5.75 Å². The van der Waals surface area contributed by atoms with Crippen molar-refractivity contribution in [3.05, 3.63) is 107 Å². The fourth-order valence-corrected chi connectivity index (χ4v) is 5.20. The lowest BCUT2D eigenvalue weighted by Gasteiger charge is -2.36. The molecule has 0 unspecified atom stereocenters. The van der Waals surface area contributed by atoms with E-state index in [0.717, 1.165) is 33.9 Å². The Kier molecular flexibility index (Phi) is 7.09. The van der Waals surface area contributed by atoms with Gasteiger partial charge in [-0.3, -0.25) is 4.79 Å². The van der Waals surface area contributed by atoms with E-state index in [4.69, 9.17) is 19.8 Å². The molecule has 1 aliphatic heterocycles. The number of halogens is 1. The number of nitrogens with zero attached hydrogens (tertiary/aromatic N) is 6. The molecule has 3 heterocycles. The molecule has 0 N–H and O–H groups in total. The summed E-state index contributed by atoms with van der Waals surface area (Å²) in [7, 11) is 1.61. The summed E-state index contributed by atoms with van der Waals surface area (Å²) >= 11 is 0. The Morgan fingerprint density at radius 3 is 2.22 bits per heavy atom. The Morgan fingerprint density at radius 1 is 0.878 bits per heavy atom. The van der Waals surface area contributed by atoms with Crippen molar-refractivity contribution in [3.8, 4) is 11.4 Å². The van der Waals surface area contributed by atoms with Gasteiger partial charge in [0.2, 0.25) is 0 Å². The number of methoxy groups -OCH3 is 1. The van der Waals surface area contributed by atoms with Crippen molar-refractivity contribution in [2.45, 2.75) is 20.3 Å². The standard InChI is InChI=1S/C32H31FN6O2/c1-21-4-6-23(7-5-21)20-28-34-30(29-22(2)36-39(31(29)35-28)26-12-10-25(33)11-13-26)37-16-18-38(19-17-37)32(40)24-8-14-27(41-3)15-9-24/h4-15H,16-20H2,1-3H3. The van der Waals surface area contributed by atoms with Gasteiger partial charge in [-0.1, -0.05) is 29.8 Å². The highest BCUT2D eigenvalue weighted by Gasteiger charge is 2.27. The highest BCUT2D eigenvalue weighted by Crippen LogP contribution is 2.30. The van der Waals surface area contributed by atoms with Gasteiger partial charge in [-0.05, 0) is 67.9 Å². The molecular formula is C32H31FN6O2. The van der Waals surface area contributed by atoms with E-state index >= 15 is 0 Å². The molecule has 1 saturated heterocycles. The van der Waals surface area contributed by atoms with Crippen LogP contribution in [0, 0.1) is 19.7 Å². The molecule has 3 aromatic carbocycles. The van der Waals surface area contributed by atoms with Crippen molar-refractivity contribution in [1.29, 1.82) is 0 Å². The Morgan fingerprint density at radius 2 is 1.56 bits per heavy atom. The van der Waals surface area contributed by atoms with Crippen LogP contribution in [0.25, 0.3) is 16.7 Å². The third kappa shape index (κ3) is 5.35. The molecule has 1 aliphatic rings. The largest absolute Gasteiger partial charge is 0.497 e. The third-order valence-corrected chi connectivity index (χ3v) is 7.49. The molecule has 9 heteroatoms. The molecule has 6 rings (SSSR count). The SMILES string of the molecule is COc1ccc(C(=O)N2CCN(c3nc(Cc4ccc(C)cc4)nc4c3c(C)nn4-c3ccc(F)cc3)CC2)cc1. The zero-order chi connectivity index (χ0) is 28.5. The van der Waals surface area contributed by atoms with Crippen molar-refractivity contribution in [1.82, 2.24) is 24.6 Å². The number of carbonyl (C=O) groups is 1. The number of aryl methyl sites for hydroxylation is 2. The predicted octanol–water partition coefficient (Wildman–Crippen LogP) is 5.13. The first-order valence-corrected chi connectivity index (χ1v) is 13.7. The first-order valence-electron chi connectivity index (χ1n) is 13.7.